The van der Waals surface area contributed by atoms with Gasteiger partial charge in [-0.1, -0.05) is 12.1 Å². The highest BCUT2D eigenvalue weighted by molar-refractivity contribution is 7.19. The third-order valence-corrected chi connectivity index (χ3v) is 3.61. The van der Waals surface area contributed by atoms with Gasteiger partial charge in [-0.25, -0.2) is 4.98 Å². The molecule has 80 valence electrons. The van der Waals surface area contributed by atoms with E-state index in [1.54, 1.807) is 11.3 Å². The zero-order valence-electron chi connectivity index (χ0n) is 8.82. The normalized spacial score (nSPS) is 11.1. The number of nitrogens with two attached hydrogens (primary N) is 1. The van der Waals surface area contributed by atoms with Crippen LogP contribution in [-0.2, 0) is 0 Å². The quantitative estimate of drug-likeness (QED) is 0.673. The first-order valence-corrected chi connectivity index (χ1v) is 5.87. The van der Waals surface area contributed by atoms with E-state index >= 15 is 0 Å². The van der Waals surface area contributed by atoms with Gasteiger partial charge in [0, 0.05) is 0 Å². The summed E-state index contributed by atoms with van der Waals surface area (Å²) < 4.78 is 0. The Labute approximate surface area is 96.9 Å². The van der Waals surface area contributed by atoms with Crippen molar-refractivity contribution < 1.29 is 0 Å². The molecule has 0 fully saturated rings. The first-order valence-electron chi connectivity index (χ1n) is 5.05. The van der Waals surface area contributed by atoms with Crippen LogP contribution >= 0.6 is 11.3 Å². The van der Waals surface area contributed by atoms with E-state index in [0.29, 0.717) is 0 Å². The Kier molecular flexibility index (Phi) is 1.97. The van der Waals surface area contributed by atoms with Crippen LogP contribution < -0.4 is 5.73 Å². The molecule has 3 N–H and O–H groups in total. The van der Waals surface area contributed by atoms with Crippen molar-refractivity contribution in [3.8, 4) is 10.7 Å². The van der Waals surface area contributed by atoms with Crippen molar-refractivity contribution >= 4 is 27.4 Å². The maximum atomic E-state index is 5.79. The minimum Gasteiger partial charge on any atom is -0.391 e. The fraction of sp³-hybridized carbons (Fsp3) is 0.0833. The average molecular weight is 229 g/mol. The largest absolute Gasteiger partial charge is 0.391 e. The third-order valence-electron chi connectivity index (χ3n) is 2.54. The fourth-order valence-electron chi connectivity index (χ4n) is 1.80. The van der Waals surface area contributed by atoms with E-state index in [1.807, 2.05) is 30.3 Å². The summed E-state index contributed by atoms with van der Waals surface area (Å²) in [5.74, 6) is 0.903. The number of fused-ring (bicyclic) bond motifs is 1. The minimum absolute atomic E-state index is 0.827. The molecule has 0 aliphatic rings. The Bertz CT molecular complexity index is 618. The molecule has 0 unspecified atom stereocenters. The van der Waals surface area contributed by atoms with E-state index in [-0.39, 0.29) is 0 Å². The number of H-pyrrole nitrogens is 1. The standard InChI is InChI=1S/C12H11N3S/c1-7-6-10(13)16-11(7)12-14-8-4-2-3-5-9(8)15-12/h2-6H,13H2,1H3,(H,14,15). The molecule has 0 saturated heterocycles. The summed E-state index contributed by atoms with van der Waals surface area (Å²) >= 11 is 1.57. The molecule has 0 bridgehead atoms. The summed E-state index contributed by atoms with van der Waals surface area (Å²) in [5, 5.41) is 0.827. The number of para-hydroxylation sites is 2. The van der Waals surface area contributed by atoms with Crippen molar-refractivity contribution in [2.24, 2.45) is 0 Å². The summed E-state index contributed by atoms with van der Waals surface area (Å²) in [6.45, 7) is 2.05. The SMILES string of the molecule is Cc1cc(N)sc1-c1nc2ccccc2[nH]1. The zero-order valence-corrected chi connectivity index (χ0v) is 9.64. The van der Waals surface area contributed by atoms with Gasteiger partial charge in [0.1, 0.15) is 5.82 Å². The lowest BCUT2D eigenvalue weighted by Crippen LogP contribution is -1.77. The Hall–Kier alpha value is -1.81. The molecule has 0 aliphatic heterocycles. The molecule has 3 aromatic rings. The lowest BCUT2D eigenvalue weighted by Gasteiger charge is -1.91. The molecule has 2 aromatic heterocycles. The van der Waals surface area contributed by atoms with Crippen LogP contribution in [0.5, 0.6) is 0 Å². The molecule has 0 saturated carbocycles. The second-order valence-electron chi connectivity index (χ2n) is 3.76. The summed E-state index contributed by atoms with van der Waals surface area (Å²) in [6.07, 6.45) is 0. The van der Waals surface area contributed by atoms with Crippen molar-refractivity contribution in [3.05, 3.63) is 35.9 Å². The van der Waals surface area contributed by atoms with Crippen molar-refractivity contribution in [1.82, 2.24) is 9.97 Å². The average Bonchev–Trinajstić information content (AvgIpc) is 2.81. The number of aromatic nitrogens is 2. The van der Waals surface area contributed by atoms with E-state index in [4.69, 9.17) is 5.73 Å². The van der Waals surface area contributed by atoms with Gasteiger partial charge >= 0.3 is 0 Å². The fourth-order valence-corrected chi connectivity index (χ4v) is 2.69. The number of aromatic amines is 1. The highest BCUT2D eigenvalue weighted by Gasteiger charge is 2.10. The number of rotatable bonds is 1. The highest BCUT2D eigenvalue weighted by Crippen LogP contribution is 2.32. The van der Waals surface area contributed by atoms with Crippen LogP contribution in [0.3, 0.4) is 0 Å². The number of imidazole rings is 1. The van der Waals surface area contributed by atoms with E-state index < -0.39 is 0 Å². The number of hydrogen-bond acceptors (Lipinski definition) is 3. The Balaban J connectivity index is 2.22. The zero-order chi connectivity index (χ0) is 11.1. The minimum atomic E-state index is 0.827. The molecule has 3 nitrogen and oxygen atoms in total. The van der Waals surface area contributed by atoms with Crippen LogP contribution in [-0.4, -0.2) is 9.97 Å². The van der Waals surface area contributed by atoms with Crippen molar-refractivity contribution in [1.29, 1.82) is 0 Å². The van der Waals surface area contributed by atoms with Gasteiger partial charge in [0.15, 0.2) is 0 Å². The predicted octanol–water partition coefficient (Wildman–Crippen LogP) is 3.18. The van der Waals surface area contributed by atoms with Gasteiger partial charge < -0.3 is 10.7 Å². The maximum absolute atomic E-state index is 5.79. The second-order valence-corrected chi connectivity index (χ2v) is 4.85. The van der Waals surface area contributed by atoms with Crippen LogP contribution in [0.2, 0.25) is 0 Å². The van der Waals surface area contributed by atoms with Gasteiger partial charge in [0.2, 0.25) is 0 Å². The highest BCUT2D eigenvalue weighted by atomic mass is 32.1. The van der Waals surface area contributed by atoms with Gasteiger partial charge in [-0.3, -0.25) is 0 Å². The van der Waals surface area contributed by atoms with E-state index in [2.05, 4.69) is 16.9 Å². The molecular formula is C12H11N3S. The second kappa shape index (κ2) is 3.35. The van der Waals surface area contributed by atoms with Gasteiger partial charge in [-0.2, -0.15) is 0 Å². The number of aryl methyl sites for hydroxylation is 1. The molecule has 0 aliphatic carbocycles. The monoisotopic (exact) mass is 229 g/mol. The summed E-state index contributed by atoms with van der Waals surface area (Å²) in [7, 11) is 0. The van der Waals surface area contributed by atoms with Crippen LogP contribution in [0.4, 0.5) is 5.00 Å². The smallest absolute Gasteiger partial charge is 0.148 e. The first-order chi connectivity index (χ1) is 7.74. The number of anilines is 1. The summed E-state index contributed by atoms with van der Waals surface area (Å²) in [4.78, 5) is 8.99. The van der Waals surface area contributed by atoms with Gasteiger partial charge in [0.05, 0.1) is 20.9 Å². The molecule has 16 heavy (non-hydrogen) atoms. The number of nitrogen functional groups attached to an aromatic ring is 1. The lowest BCUT2D eigenvalue weighted by molar-refractivity contribution is 1.34. The van der Waals surface area contributed by atoms with Crippen LogP contribution in [0.1, 0.15) is 5.56 Å². The molecule has 0 radical (unpaired) electrons. The molecule has 4 heteroatoms. The number of thiophene rings is 1. The first kappa shape index (κ1) is 9.42. The van der Waals surface area contributed by atoms with E-state index in [9.17, 15) is 0 Å². The predicted molar refractivity (Wildman–Crippen MR) is 68.6 cm³/mol. The molecular weight excluding hydrogens is 218 g/mol. The van der Waals surface area contributed by atoms with E-state index in [0.717, 1.165) is 26.7 Å². The number of hydrogen-bond donors (Lipinski definition) is 2. The Morgan fingerprint density at radius 2 is 2.12 bits per heavy atom. The van der Waals surface area contributed by atoms with Crippen molar-refractivity contribution in [2.75, 3.05) is 5.73 Å². The van der Waals surface area contributed by atoms with Crippen LogP contribution in [0.25, 0.3) is 21.7 Å². The third kappa shape index (κ3) is 1.39. The maximum Gasteiger partial charge on any atom is 0.148 e. The van der Waals surface area contributed by atoms with Crippen LogP contribution in [0.15, 0.2) is 30.3 Å². The molecule has 0 atom stereocenters. The molecule has 1 aromatic carbocycles. The molecule has 2 heterocycles. The number of nitrogens with one attached hydrogen (secondary N) is 1. The van der Waals surface area contributed by atoms with Gasteiger partial charge in [0.25, 0.3) is 0 Å². The summed E-state index contributed by atoms with van der Waals surface area (Å²) in [5.41, 5.74) is 9.00. The van der Waals surface area contributed by atoms with Crippen LogP contribution in [0, 0.1) is 6.92 Å². The number of nitrogens with zero attached hydrogens (tertiary/aromatic N) is 1. The van der Waals surface area contributed by atoms with Crippen molar-refractivity contribution in [2.45, 2.75) is 6.92 Å². The summed E-state index contributed by atoms with van der Waals surface area (Å²) in [6, 6.07) is 10.00. The van der Waals surface area contributed by atoms with Crippen molar-refractivity contribution in [3.63, 3.8) is 0 Å². The molecule has 3 rings (SSSR count). The number of benzene rings is 1. The molecule has 0 amide bonds. The van der Waals surface area contributed by atoms with Gasteiger partial charge in [-0.15, -0.1) is 11.3 Å². The van der Waals surface area contributed by atoms with E-state index in [1.165, 1.54) is 5.56 Å². The Morgan fingerprint density at radius 3 is 2.81 bits per heavy atom. The van der Waals surface area contributed by atoms with Gasteiger partial charge in [-0.05, 0) is 30.7 Å². The molecule has 0 spiro atoms. The Morgan fingerprint density at radius 1 is 1.31 bits per heavy atom. The lowest BCUT2D eigenvalue weighted by atomic mass is 10.3. The topological polar surface area (TPSA) is 54.7 Å².